The summed E-state index contributed by atoms with van der Waals surface area (Å²) in [4.78, 5) is 0. The van der Waals surface area contributed by atoms with Crippen molar-refractivity contribution in [3.05, 3.63) is 0 Å². The highest BCUT2D eigenvalue weighted by atomic mass is 35.5. The molecule has 2 fully saturated rings. The standard InChI is InChI=1S/C10H16Cl2O3/c1-5(11)9-7(14-9)3-13-4-8-10(15-8)6(2)12/h5-10H,3-4H2,1-2H3. The third-order valence-corrected chi connectivity index (χ3v) is 3.21. The summed E-state index contributed by atoms with van der Waals surface area (Å²) in [6.07, 6.45) is 0.662. The van der Waals surface area contributed by atoms with Gasteiger partial charge in [0, 0.05) is 0 Å². The molecule has 2 aliphatic heterocycles. The van der Waals surface area contributed by atoms with Gasteiger partial charge in [0.2, 0.25) is 0 Å². The monoisotopic (exact) mass is 254 g/mol. The third-order valence-electron chi connectivity index (χ3n) is 2.71. The van der Waals surface area contributed by atoms with E-state index in [2.05, 4.69) is 0 Å². The highest BCUT2D eigenvalue weighted by Gasteiger charge is 2.45. The maximum absolute atomic E-state index is 5.87. The summed E-state index contributed by atoms with van der Waals surface area (Å²) < 4.78 is 16.1. The Morgan fingerprint density at radius 2 is 1.40 bits per heavy atom. The molecule has 0 aromatic rings. The van der Waals surface area contributed by atoms with E-state index < -0.39 is 0 Å². The van der Waals surface area contributed by atoms with Crippen LogP contribution in [-0.2, 0) is 14.2 Å². The maximum Gasteiger partial charge on any atom is 0.109 e. The zero-order valence-corrected chi connectivity index (χ0v) is 10.4. The molecule has 6 unspecified atom stereocenters. The Labute approximate surface area is 100.0 Å². The van der Waals surface area contributed by atoms with Gasteiger partial charge in [-0.3, -0.25) is 0 Å². The van der Waals surface area contributed by atoms with E-state index in [1.54, 1.807) is 0 Å². The summed E-state index contributed by atoms with van der Waals surface area (Å²) in [5, 5.41) is 0.123. The van der Waals surface area contributed by atoms with Crippen LogP contribution in [0.4, 0.5) is 0 Å². The van der Waals surface area contributed by atoms with E-state index in [0.29, 0.717) is 13.2 Å². The van der Waals surface area contributed by atoms with E-state index in [1.807, 2.05) is 13.8 Å². The first-order valence-corrected chi connectivity index (χ1v) is 6.13. The molecule has 3 nitrogen and oxygen atoms in total. The van der Waals surface area contributed by atoms with Crippen LogP contribution in [0.3, 0.4) is 0 Å². The molecule has 0 aliphatic carbocycles. The van der Waals surface area contributed by atoms with Crippen molar-refractivity contribution in [2.24, 2.45) is 0 Å². The molecule has 2 heterocycles. The third kappa shape index (κ3) is 3.21. The van der Waals surface area contributed by atoms with Crippen molar-refractivity contribution in [2.75, 3.05) is 13.2 Å². The first kappa shape index (κ1) is 11.9. The zero-order chi connectivity index (χ0) is 11.0. The average Bonchev–Trinajstić information content (AvgIpc) is 2.94. The minimum Gasteiger partial charge on any atom is -0.376 e. The zero-order valence-electron chi connectivity index (χ0n) is 8.86. The SMILES string of the molecule is CC(Cl)C1OC1COCC1OC1C(C)Cl. The molecule has 88 valence electrons. The van der Waals surface area contributed by atoms with Crippen molar-refractivity contribution in [1.82, 2.24) is 0 Å². The fourth-order valence-corrected chi connectivity index (χ4v) is 2.13. The maximum atomic E-state index is 5.87. The van der Waals surface area contributed by atoms with Crippen molar-refractivity contribution >= 4 is 23.2 Å². The van der Waals surface area contributed by atoms with Gasteiger partial charge in [0.05, 0.1) is 24.0 Å². The first-order valence-electron chi connectivity index (χ1n) is 5.26. The fourth-order valence-electron chi connectivity index (χ4n) is 1.69. The quantitative estimate of drug-likeness (QED) is 0.536. The topological polar surface area (TPSA) is 34.3 Å². The van der Waals surface area contributed by atoms with Crippen molar-refractivity contribution in [2.45, 2.75) is 49.0 Å². The van der Waals surface area contributed by atoms with Crippen LogP contribution in [0.5, 0.6) is 0 Å². The Morgan fingerprint density at radius 3 is 1.67 bits per heavy atom. The molecule has 2 saturated heterocycles. The van der Waals surface area contributed by atoms with Gasteiger partial charge in [-0.15, -0.1) is 23.2 Å². The Morgan fingerprint density at radius 1 is 1.00 bits per heavy atom. The lowest BCUT2D eigenvalue weighted by Gasteiger charge is -2.00. The van der Waals surface area contributed by atoms with E-state index >= 15 is 0 Å². The van der Waals surface area contributed by atoms with Crippen LogP contribution < -0.4 is 0 Å². The summed E-state index contributed by atoms with van der Waals surface area (Å²) in [6, 6.07) is 0. The lowest BCUT2D eigenvalue weighted by molar-refractivity contribution is 0.102. The Balaban J connectivity index is 1.51. The molecule has 0 amide bonds. The van der Waals surface area contributed by atoms with Gasteiger partial charge in [-0.05, 0) is 13.8 Å². The molecule has 15 heavy (non-hydrogen) atoms. The molecule has 0 aromatic carbocycles. The predicted molar refractivity (Wildman–Crippen MR) is 58.8 cm³/mol. The number of hydrogen-bond donors (Lipinski definition) is 0. The largest absolute Gasteiger partial charge is 0.376 e. The number of alkyl halides is 2. The van der Waals surface area contributed by atoms with Crippen molar-refractivity contribution < 1.29 is 14.2 Å². The van der Waals surface area contributed by atoms with E-state index in [4.69, 9.17) is 37.4 Å². The van der Waals surface area contributed by atoms with Crippen molar-refractivity contribution in [1.29, 1.82) is 0 Å². The summed E-state index contributed by atoms with van der Waals surface area (Å²) in [7, 11) is 0. The number of rotatable bonds is 6. The number of hydrogen-bond acceptors (Lipinski definition) is 3. The lowest BCUT2D eigenvalue weighted by Crippen LogP contribution is -2.15. The van der Waals surface area contributed by atoms with Crippen molar-refractivity contribution in [3.8, 4) is 0 Å². The molecular formula is C10H16Cl2O3. The molecule has 2 rings (SSSR count). The molecule has 0 saturated carbocycles. The number of epoxide rings is 2. The van der Waals surface area contributed by atoms with Crippen LogP contribution in [0.2, 0.25) is 0 Å². The molecule has 0 bridgehead atoms. The van der Waals surface area contributed by atoms with Crippen LogP contribution in [0.1, 0.15) is 13.8 Å². The van der Waals surface area contributed by atoms with Gasteiger partial charge in [-0.2, -0.15) is 0 Å². The molecular weight excluding hydrogens is 239 g/mol. The second-order valence-corrected chi connectivity index (χ2v) is 5.55. The Hall–Kier alpha value is 0.460. The second kappa shape index (κ2) is 4.76. The van der Waals surface area contributed by atoms with Crippen LogP contribution in [0, 0.1) is 0 Å². The molecule has 0 aromatic heterocycles. The minimum absolute atomic E-state index is 0.0615. The predicted octanol–water partition coefficient (Wildman–Crippen LogP) is 1.79. The van der Waals surface area contributed by atoms with Gasteiger partial charge >= 0.3 is 0 Å². The summed E-state index contributed by atoms with van der Waals surface area (Å²) in [5.41, 5.74) is 0. The number of halogens is 2. The molecule has 0 radical (unpaired) electrons. The first-order chi connectivity index (χ1) is 7.09. The van der Waals surface area contributed by atoms with Crippen LogP contribution >= 0.6 is 23.2 Å². The molecule has 0 spiro atoms. The highest BCUT2D eigenvalue weighted by molar-refractivity contribution is 6.21. The van der Waals surface area contributed by atoms with Gasteiger partial charge in [0.15, 0.2) is 0 Å². The van der Waals surface area contributed by atoms with Crippen molar-refractivity contribution in [3.63, 3.8) is 0 Å². The average molecular weight is 255 g/mol. The Kier molecular flexibility index (Phi) is 3.79. The Bertz CT molecular complexity index is 201. The normalized spacial score (nSPS) is 42.4. The van der Waals surface area contributed by atoms with Gasteiger partial charge in [-0.25, -0.2) is 0 Å². The van der Waals surface area contributed by atoms with Crippen LogP contribution in [0.15, 0.2) is 0 Å². The number of ether oxygens (including phenoxy) is 3. The van der Waals surface area contributed by atoms with Crippen LogP contribution in [0.25, 0.3) is 0 Å². The molecule has 6 atom stereocenters. The van der Waals surface area contributed by atoms with E-state index in [-0.39, 0.29) is 35.2 Å². The second-order valence-electron chi connectivity index (χ2n) is 4.17. The van der Waals surface area contributed by atoms with E-state index in [1.165, 1.54) is 0 Å². The smallest absolute Gasteiger partial charge is 0.109 e. The van der Waals surface area contributed by atoms with E-state index in [9.17, 15) is 0 Å². The van der Waals surface area contributed by atoms with Gasteiger partial charge in [0.25, 0.3) is 0 Å². The van der Waals surface area contributed by atoms with E-state index in [0.717, 1.165) is 0 Å². The van der Waals surface area contributed by atoms with Gasteiger partial charge < -0.3 is 14.2 Å². The van der Waals surface area contributed by atoms with Gasteiger partial charge in [-0.1, -0.05) is 0 Å². The lowest BCUT2D eigenvalue weighted by atomic mass is 10.2. The molecule has 2 aliphatic rings. The summed E-state index contributed by atoms with van der Waals surface area (Å²) >= 11 is 11.7. The highest BCUT2D eigenvalue weighted by Crippen LogP contribution is 2.31. The summed E-state index contributed by atoms with van der Waals surface area (Å²) in [5.74, 6) is 0. The summed E-state index contributed by atoms with van der Waals surface area (Å²) in [6.45, 7) is 5.07. The minimum atomic E-state index is 0.0615. The molecule has 0 N–H and O–H groups in total. The van der Waals surface area contributed by atoms with Crippen LogP contribution in [-0.4, -0.2) is 48.4 Å². The molecule has 5 heteroatoms. The fraction of sp³-hybridized carbons (Fsp3) is 1.00. The van der Waals surface area contributed by atoms with Gasteiger partial charge in [0.1, 0.15) is 24.4 Å².